The van der Waals surface area contributed by atoms with Gasteiger partial charge < -0.3 is 4.98 Å². The Morgan fingerprint density at radius 2 is 1.84 bits per heavy atom. The number of nitrogens with zero attached hydrogens (tertiary/aromatic N) is 4. The molecule has 0 amide bonds. The number of aromatic nitrogens is 4. The third-order valence-electron chi connectivity index (χ3n) is 5.15. The minimum atomic E-state index is -0.0906. The van der Waals surface area contributed by atoms with Crippen molar-refractivity contribution < 1.29 is 0 Å². The molecular weight excluding hydrogens is 442 g/mol. The number of rotatable bonds is 6. The smallest absolute Gasteiger partial charge is 0.268 e. The molecule has 160 valence electrons. The number of H-pyrrole nitrogens is 1. The molecule has 0 spiro atoms. The Bertz CT molecular complexity index is 1420. The summed E-state index contributed by atoms with van der Waals surface area (Å²) in [4.78, 5) is 21.9. The number of halogens is 1. The SMILES string of the molecule is CN(Cc1nc2ccsc2c(=O)[nH]1)Cc1cn(-c2ccccc2)nc1-c1ccc(Cl)cc1. The molecule has 0 saturated carbocycles. The highest BCUT2D eigenvalue weighted by Gasteiger charge is 2.15. The molecule has 1 N–H and O–H groups in total. The standard InChI is InChI=1S/C24H20ClN5OS/c1-29(15-21-26-20-11-12-32-23(20)24(31)27-21)13-17-14-30(19-5-3-2-4-6-19)28-22(17)16-7-9-18(25)10-8-16/h2-12,14H,13,15H2,1H3,(H,26,27,31). The number of fused-ring (bicyclic) bond motifs is 1. The predicted molar refractivity (Wildman–Crippen MR) is 129 cm³/mol. The van der Waals surface area contributed by atoms with Gasteiger partial charge >= 0.3 is 0 Å². The first-order valence-electron chi connectivity index (χ1n) is 10.1. The van der Waals surface area contributed by atoms with Crippen LogP contribution in [-0.2, 0) is 13.1 Å². The van der Waals surface area contributed by atoms with E-state index in [0.29, 0.717) is 28.6 Å². The van der Waals surface area contributed by atoms with Crippen molar-refractivity contribution in [3.8, 4) is 16.9 Å². The molecule has 6 nitrogen and oxygen atoms in total. The van der Waals surface area contributed by atoms with Gasteiger partial charge in [-0.15, -0.1) is 11.3 Å². The van der Waals surface area contributed by atoms with Gasteiger partial charge in [0.1, 0.15) is 10.5 Å². The maximum absolute atomic E-state index is 12.3. The molecule has 32 heavy (non-hydrogen) atoms. The van der Waals surface area contributed by atoms with Crippen molar-refractivity contribution in [3.05, 3.63) is 99.0 Å². The van der Waals surface area contributed by atoms with E-state index >= 15 is 0 Å². The Morgan fingerprint density at radius 3 is 2.62 bits per heavy atom. The van der Waals surface area contributed by atoms with Crippen LogP contribution in [-0.4, -0.2) is 31.7 Å². The molecule has 0 aliphatic rings. The van der Waals surface area contributed by atoms with Crippen LogP contribution in [0, 0.1) is 0 Å². The molecule has 0 atom stereocenters. The van der Waals surface area contributed by atoms with Gasteiger partial charge in [-0.25, -0.2) is 9.67 Å². The summed E-state index contributed by atoms with van der Waals surface area (Å²) in [5.41, 5.74) is 4.60. The fraction of sp³-hybridized carbons (Fsp3) is 0.125. The zero-order chi connectivity index (χ0) is 22.1. The summed E-state index contributed by atoms with van der Waals surface area (Å²) in [6.07, 6.45) is 2.05. The highest BCUT2D eigenvalue weighted by Crippen LogP contribution is 2.26. The number of hydrogen-bond acceptors (Lipinski definition) is 5. The van der Waals surface area contributed by atoms with Crippen molar-refractivity contribution in [2.24, 2.45) is 0 Å². The van der Waals surface area contributed by atoms with Crippen LogP contribution in [0.5, 0.6) is 0 Å². The molecule has 0 radical (unpaired) electrons. The zero-order valence-electron chi connectivity index (χ0n) is 17.3. The van der Waals surface area contributed by atoms with E-state index in [2.05, 4.69) is 14.9 Å². The van der Waals surface area contributed by atoms with Gasteiger partial charge in [0.15, 0.2) is 0 Å². The largest absolute Gasteiger partial charge is 0.308 e. The number of hydrogen-bond donors (Lipinski definition) is 1. The van der Waals surface area contributed by atoms with Crippen molar-refractivity contribution >= 4 is 33.2 Å². The van der Waals surface area contributed by atoms with Gasteiger partial charge in [0.25, 0.3) is 5.56 Å². The molecule has 0 bridgehead atoms. The fourth-order valence-corrected chi connectivity index (χ4v) is 4.54. The molecule has 3 aromatic heterocycles. The molecule has 0 aliphatic heterocycles. The van der Waals surface area contributed by atoms with E-state index in [-0.39, 0.29) is 5.56 Å². The normalized spacial score (nSPS) is 11.5. The number of benzene rings is 2. The molecule has 0 fully saturated rings. The third-order valence-corrected chi connectivity index (χ3v) is 6.31. The highest BCUT2D eigenvalue weighted by atomic mass is 35.5. The Hall–Kier alpha value is -3.26. The van der Waals surface area contributed by atoms with Gasteiger partial charge in [-0.1, -0.05) is 41.9 Å². The Morgan fingerprint density at radius 1 is 1.06 bits per heavy atom. The summed E-state index contributed by atoms with van der Waals surface area (Å²) < 4.78 is 2.55. The number of para-hydroxylation sites is 1. The van der Waals surface area contributed by atoms with Crippen LogP contribution in [0.2, 0.25) is 5.02 Å². The van der Waals surface area contributed by atoms with Gasteiger partial charge in [0.05, 0.1) is 23.4 Å². The minimum Gasteiger partial charge on any atom is -0.308 e. The van der Waals surface area contributed by atoms with Gasteiger partial charge in [-0.3, -0.25) is 9.69 Å². The van der Waals surface area contributed by atoms with Crippen molar-refractivity contribution in [1.82, 2.24) is 24.6 Å². The van der Waals surface area contributed by atoms with Crippen molar-refractivity contribution in [1.29, 1.82) is 0 Å². The highest BCUT2D eigenvalue weighted by molar-refractivity contribution is 7.17. The lowest BCUT2D eigenvalue weighted by Crippen LogP contribution is -2.21. The van der Waals surface area contributed by atoms with E-state index in [1.807, 2.05) is 84.0 Å². The van der Waals surface area contributed by atoms with E-state index in [1.54, 1.807) is 0 Å². The molecule has 0 aliphatic carbocycles. The van der Waals surface area contributed by atoms with Crippen molar-refractivity contribution in [2.75, 3.05) is 7.05 Å². The van der Waals surface area contributed by atoms with Crippen LogP contribution in [0.4, 0.5) is 0 Å². The molecule has 2 aromatic carbocycles. The lowest BCUT2D eigenvalue weighted by atomic mass is 10.1. The molecular formula is C24H20ClN5OS. The van der Waals surface area contributed by atoms with Crippen LogP contribution >= 0.6 is 22.9 Å². The third kappa shape index (κ3) is 4.23. The number of thiophene rings is 1. The zero-order valence-corrected chi connectivity index (χ0v) is 18.9. The quantitative estimate of drug-likeness (QED) is 0.381. The average Bonchev–Trinajstić information content (AvgIpc) is 3.42. The summed E-state index contributed by atoms with van der Waals surface area (Å²) in [7, 11) is 2.00. The second-order valence-electron chi connectivity index (χ2n) is 7.61. The topological polar surface area (TPSA) is 66.8 Å². The van der Waals surface area contributed by atoms with E-state index in [9.17, 15) is 4.79 Å². The monoisotopic (exact) mass is 461 g/mol. The van der Waals surface area contributed by atoms with Crippen LogP contribution in [0.25, 0.3) is 27.2 Å². The summed E-state index contributed by atoms with van der Waals surface area (Å²) in [6.45, 7) is 1.15. The number of aromatic amines is 1. The second-order valence-corrected chi connectivity index (χ2v) is 8.96. The molecule has 8 heteroatoms. The van der Waals surface area contributed by atoms with E-state index < -0.39 is 0 Å². The molecule has 5 rings (SSSR count). The van der Waals surface area contributed by atoms with E-state index in [1.165, 1.54) is 11.3 Å². The van der Waals surface area contributed by atoms with Crippen molar-refractivity contribution in [2.45, 2.75) is 13.1 Å². The van der Waals surface area contributed by atoms with Crippen molar-refractivity contribution in [3.63, 3.8) is 0 Å². The first kappa shape index (κ1) is 20.6. The molecule has 0 unspecified atom stereocenters. The maximum atomic E-state index is 12.3. The molecule has 3 heterocycles. The first-order chi connectivity index (χ1) is 15.6. The van der Waals surface area contributed by atoms with Gasteiger partial charge in [-0.2, -0.15) is 5.10 Å². The summed E-state index contributed by atoms with van der Waals surface area (Å²) in [5.74, 6) is 0.645. The Labute approximate surface area is 193 Å². The van der Waals surface area contributed by atoms with E-state index in [4.69, 9.17) is 16.7 Å². The minimum absolute atomic E-state index is 0.0906. The average molecular weight is 462 g/mol. The van der Waals surface area contributed by atoms with Crippen LogP contribution < -0.4 is 5.56 Å². The lowest BCUT2D eigenvalue weighted by molar-refractivity contribution is 0.311. The van der Waals surface area contributed by atoms with Crippen LogP contribution in [0.3, 0.4) is 0 Å². The van der Waals surface area contributed by atoms with Gasteiger partial charge in [-0.05, 0) is 42.8 Å². The predicted octanol–water partition coefficient (Wildman–Crippen LogP) is 5.12. The first-order valence-corrected chi connectivity index (χ1v) is 11.4. The summed E-state index contributed by atoms with van der Waals surface area (Å²) in [6, 6.07) is 19.6. The Kier molecular flexibility index (Phi) is 5.61. The van der Waals surface area contributed by atoms with Gasteiger partial charge in [0.2, 0.25) is 0 Å². The number of nitrogens with one attached hydrogen (secondary N) is 1. The second kappa shape index (κ2) is 8.70. The van der Waals surface area contributed by atoms with E-state index in [0.717, 1.165) is 28.0 Å². The maximum Gasteiger partial charge on any atom is 0.268 e. The Balaban J connectivity index is 1.46. The lowest BCUT2D eigenvalue weighted by Gasteiger charge is -2.16. The van der Waals surface area contributed by atoms with Crippen LogP contribution in [0.1, 0.15) is 11.4 Å². The summed E-state index contributed by atoms with van der Waals surface area (Å²) >= 11 is 7.50. The van der Waals surface area contributed by atoms with Crippen LogP contribution in [0.15, 0.2) is 77.0 Å². The summed E-state index contributed by atoms with van der Waals surface area (Å²) in [5, 5.41) is 7.44. The molecule has 0 saturated heterocycles. The fourth-order valence-electron chi connectivity index (χ4n) is 3.69. The van der Waals surface area contributed by atoms with Gasteiger partial charge in [0, 0.05) is 28.9 Å². The molecule has 5 aromatic rings.